The molecule has 0 saturated carbocycles. The molecule has 1 aromatic heterocycles. The molecule has 0 unspecified atom stereocenters. The van der Waals surface area contributed by atoms with Crippen molar-refractivity contribution in [2.75, 3.05) is 0 Å². The first kappa shape index (κ1) is 17.5. The smallest absolute Gasteiger partial charge is 0.275 e. The molecule has 0 radical (unpaired) electrons. The molecule has 0 fully saturated rings. The molecule has 138 valence electrons. The first-order chi connectivity index (χ1) is 13.6. The first-order valence-electron chi connectivity index (χ1n) is 8.51. The lowest BCUT2D eigenvalue weighted by molar-refractivity contribution is 0.0952. The second kappa shape index (κ2) is 7.36. The second-order valence-electron chi connectivity index (χ2n) is 6.13. The van der Waals surface area contributed by atoms with Crippen LogP contribution in [0.25, 0.3) is 22.1 Å². The lowest BCUT2D eigenvalue weighted by Gasteiger charge is -2.05. The van der Waals surface area contributed by atoms with Gasteiger partial charge in [0.2, 0.25) is 0 Å². The van der Waals surface area contributed by atoms with Gasteiger partial charge in [0, 0.05) is 5.56 Å². The third-order valence-electron chi connectivity index (χ3n) is 4.20. The predicted octanol–water partition coefficient (Wildman–Crippen LogP) is 4.71. The molecule has 3 aromatic carbocycles. The monoisotopic (exact) mass is 374 g/mol. The third-order valence-corrected chi connectivity index (χ3v) is 4.20. The highest BCUT2D eigenvalue weighted by Crippen LogP contribution is 2.25. The van der Waals surface area contributed by atoms with E-state index in [4.69, 9.17) is 4.42 Å². The zero-order chi connectivity index (χ0) is 19.5. The van der Waals surface area contributed by atoms with E-state index in [0.717, 1.165) is 10.8 Å². The van der Waals surface area contributed by atoms with Crippen LogP contribution in [0.1, 0.15) is 16.1 Å². The van der Waals surface area contributed by atoms with Crippen molar-refractivity contribution in [2.24, 2.45) is 5.10 Å². The molecular weight excluding hydrogens is 359 g/mol. The molecule has 0 spiro atoms. The molecule has 0 aliphatic carbocycles. The third kappa shape index (κ3) is 3.61. The maximum absolute atomic E-state index is 13.3. The molecule has 0 aliphatic heterocycles. The van der Waals surface area contributed by atoms with E-state index in [1.807, 2.05) is 24.3 Å². The number of nitrogens with one attached hydrogen (secondary N) is 1. The molecule has 0 aliphatic rings. The van der Waals surface area contributed by atoms with E-state index in [1.165, 1.54) is 24.4 Å². The Bertz CT molecular complexity index is 1200. The van der Waals surface area contributed by atoms with Gasteiger partial charge in [0.1, 0.15) is 23.1 Å². The Labute approximate surface area is 159 Å². The fourth-order valence-electron chi connectivity index (χ4n) is 2.84. The van der Waals surface area contributed by atoms with E-state index in [2.05, 4.69) is 10.5 Å². The zero-order valence-corrected chi connectivity index (χ0v) is 14.6. The molecular formula is C22H15FN2O3. The maximum atomic E-state index is 13.3. The lowest BCUT2D eigenvalue weighted by Crippen LogP contribution is -2.17. The van der Waals surface area contributed by atoms with E-state index in [1.54, 1.807) is 30.3 Å². The highest BCUT2D eigenvalue weighted by atomic mass is 19.1. The van der Waals surface area contributed by atoms with Gasteiger partial charge in [0.15, 0.2) is 0 Å². The minimum Gasteiger partial charge on any atom is -0.507 e. The Kier molecular flexibility index (Phi) is 4.60. The number of carbonyl (C=O) groups is 1. The van der Waals surface area contributed by atoms with E-state index in [9.17, 15) is 14.3 Å². The number of phenols is 1. The molecule has 2 N–H and O–H groups in total. The standard InChI is InChI=1S/C22H15FN2O3/c23-17-7-3-6-16(10-17)21-9-8-18(28-21)13-24-25-22(27)19-11-14-4-1-2-5-15(14)12-20(19)26/h1-13,26H,(H,25,27). The van der Waals surface area contributed by atoms with Gasteiger partial charge in [-0.3, -0.25) is 4.79 Å². The topological polar surface area (TPSA) is 74.8 Å². The lowest BCUT2D eigenvalue weighted by atomic mass is 10.1. The number of carbonyl (C=O) groups excluding carboxylic acids is 1. The number of fused-ring (bicyclic) bond motifs is 1. The summed E-state index contributed by atoms with van der Waals surface area (Å²) in [5.74, 6) is -0.150. The van der Waals surface area contributed by atoms with Gasteiger partial charge in [0.05, 0.1) is 11.8 Å². The van der Waals surface area contributed by atoms with Crippen LogP contribution in [-0.4, -0.2) is 17.2 Å². The van der Waals surface area contributed by atoms with Crippen molar-refractivity contribution in [1.82, 2.24) is 5.43 Å². The van der Waals surface area contributed by atoms with E-state index in [-0.39, 0.29) is 17.1 Å². The highest BCUT2D eigenvalue weighted by Gasteiger charge is 2.12. The fourth-order valence-corrected chi connectivity index (χ4v) is 2.84. The SMILES string of the molecule is O=C(NN=Cc1ccc(-c2cccc(F)c2)o1)c1cc2ccccc2cc1O. The zero-order valence-electron chi connectivity index (χ0n) is 14.6. The van der Waals surface area contributed by atoms with Crippen LogP contribution in [0.4, 0.5) is 4.39 Å². The predicted molar refractivity (Wildman–Crippen MR) is 105 cm³/mol. The van der Waals surface area contributed by atoms with Gasteiger partial charge in [-0.05, 0) is 47.2 Å². The van der Waals surface area contributed by atoms with Gasteiger partial charge < -0.3 is 9.52 Å². The molecule has 6 heteroatoms. The summed E-state index contributed by atoms with van der Waals surface area (Å²) in [5, 5.41) is 15.6. The number of furan rings is 1. The van der Waals surface area contributed by atoms with Crippen molar-refractivity contribution in [3.8, 4) is 17.1 Å². The highest BCUT2D eigenvalue weighted by molar-refractivity contribution is 6.01. The normalized spacial score (nSPS) is 11.2. The number of hydrazone groups is 1. The number of nitrogens with zero attached hydrogens (tertiary/aromatic N) is 1. The number of aromatic hydroxyl groups is 1. The van der Waals surface area contributed by atoms with Crippen LogP contribution < -0.4 is 5.43 Å². The van der Waals surface area contributed by atoms with Gasteiger partial charge in [-0.15, -0.1) is 0 Å². The van der Waals surface area contributed by atoms with E-state index >= 15 is 0 Å². The Morgan fingerprint density at radius 2 is 1.79 bits per heavy atom. The van der Waals surface area contributed by atoms with Crippen LogP contribution in [0.15, 0.2) is 82.3 Å². The number of rotatable bonds is 4. The van der Waals surface area contributed by atoms with Crippen LogP contribution in [-0.2, 0) is 0 Å². The van der Waals surface area contributed by atoms with Crippen LogP contribution in [0.5, 0.6) is 5.75 Å². The van der Waals surface area contributed by atoms with Crippen molar-refractivity contribution < 1.29 is 18.7 Å². The van der Waals surface area contributed by atoms with Gasteiger partial charge >= 0.3 is 0 Å². The fraction of sp³-hybridized carbons (Fsp3) is 0. The summed E-state index contributed by atoms with van der Waals surface area (Å²) in [4.78, 5) is 12.3. The number of amides is 1. The minimum atomic E-state index is -0.545. The number of benzene rings is 3. The second-order valence-corrected chi connectivity index (χ2v) is 6.13. The van der Waals surface area contributed by atoms with E-state index < -0.39 is 5.91 Å². The molecule has 0 bridgehead atoms. The minimum absolute atomic E-state index is 0.121. The molecule has 0 saturated heterocycles. The average Bonchev–Trinajstić information content (AvgIpc) is 3.16. The number of halogens is 1. The quantitative estimate of drug-likeness (QED) is 0.401. The molecule has 1 heterocycles. The molecule has 28 heavy (non-hydrogen) atoms. The van der Waals surface area contributed by atoms with Gasteiger partial charge in [-0.1, -0.05) is 36.4 Å². The summed E-state index contributed by atoms with van der Waals surface area (Å²) in [5.41, 5.74) is 3.08. The van der Waals surface area contributed by atoms with Gasteiger partial charge in [-0.25, -0.2) is 9.82 Å². The van der Waals surface area contributed by atoms with Crippen LogP contribution in [0.2, 0.25) is 0 Å². The summed E-state index contributed by atoms with van der Waals surface area (Å²) in [6.07, 6.45) is 1.33. The summed E-state index contributed by atoms with van der Waals surface area (Å²) in [7, 11) is 0. The summed E-state index contributed by atoms with van der Waals surface area (Å²) in [6, 6.07) is 19.9. The molecule has 4 rings (SSSR count). The Balaban J connectivity index is 1.48. The Morgan fingerprint density at radius 1 is 1.00 bits per heavy atom. The van der Waals surface area contributed by atoms with Crippen LogP contribution in [0, 0.1) is 5.82 Å². The first-order valence-corrected chi connectivity index (χ1v) is 8.51. The molecule has 0 atom stereocenters. The van der Waals surface area contributed by atoms with Crippen LogP contribution >= 0.6 is 0 Å². The van der Waals surface area contributed by atoms with Gasteiger partial charge in [0.25, 0.3) is 5.91 Å². The number of phenolic OH excluding ortho intramolecular Hbond substituents is 1. The molecule has 5 nitrogen and oxygen atoms in total. The molecule has 4 aromatic rings. The summed E-state index contributed by atoms with van der Waals surface area (Å²) >= 11 is 0. The van der Waals surface area contributed by atoms with Crippen molar-refractivity contribution >= 4 is 22.9 Å². The maximum Gasteiger partial charge on any atom is 0.275 e. The summed E-state index contributed by atoms with van der Waals surface area (Å²) < 4.78 is 18.9. The van der Waals surface area contributed by atoms with Crippen LogP contribution in [0.3, 0.4) is 0 Å². The van der Waals surface area contributed by atoms with Crippen molar-refractivity contribution in [3.05, 3.63) is 89.9 Å². The molecule has 1 amide bonds. The number of hydrogen-bond donors (Lipinski definition) is 2. The number of hydrogen-bond acceptors (Lipinski definition) is 4. The van der Waals surface area contributed by atoms with Crippen molar-refractivity contribution in [3.63, 3.8) is 0 Å². The van der Waals surface area contributed by atoms with E-state index in [0.29, 0.717) is 17.1 Å². The van der Waals surface area contributed by atoms with Crippen molar-refractivity contribution in [2.45, 2.75) is 0 Å². The largest absolute Gasteiger partial charge is 0.507 e. The van der Waals surface area contributed by atoms with Crippen molar-refractivity contribution in [1.29, 1.82) is 0 Å². The Hall–Kier alpha value is -3.93. The average molecular weight is 374 g/mol. The van der Waals surface area contributed by atoms with Gasteiger partial charge in [-0.2, -0.15) is 5.10 Å². The summed E-state index contributed by atoms with van der Waals surface area (Å²) in [6.45, 7) is 0. The Morgan fingerprint density at radius 3 is 2.57 bits per heavy atom.